The Kier molecular flexibility index (Phi) is 7.41. The number of carbonyl (C=O) groups excluding carboxylic acids is 1. The molecule has 2 unspecified atom stereocenters. The van der Waals surface area contributed by atoms with Gasteiger partial charge >= 0.3 is 42.5 Å². The molecule has 0 saturated heterocycles. The van der Waals surface area contributed by atoms with Crippen molar-refractivity contribution in [2.75, 3.05) is 0 Å². The van der Waals surface area contributed by atoms with Crippen LogP contribution in [0.15, 0.2) is 0 Å². The van der Waals surface area contributed by atoms with Crippen LogP contribution < -0.4 is 11.3 Å². The van der Waals surface area contributed by atoms with Crippen LogP contribution in [-0.2, 0) is 14.3 Å². The summed E-state index contributed by atoms with van der Waals surface area (Å²) in [5.74, 6) is -19.2. The first-order valence-corrected chi connectivity index (χ1v) is 5.31. The topological polar surface area (TPSA) is 95.1 Å². The summed E-state index contributed by atoms with van der Waals surface area (Å²) in [6.07, 6.45) is -37.5. The van der Waals surface area contributed by atoms with Crippen molar-refractivity contribution in [2.24, 2.45) is 0 Å². The van der Waals surface area contributed by atoms with Crippen molar-refractivity contribution < 1.29 is 85.2 Å². The highest BCUT2D eigenvalue weighted by Crippen LogP contribution is 2.54. The highest BCUT2D eigenvalue weighted by Gasteiger charge is 2.82. The maximum atomic E-state index is 13.3. The van der Waals surface area contributed by atoms with Crippen LogP contribution in [0, 0.1) is 0 Å². The van der Waals surface area contributed by atoms with E-state index in [1.807, 2.05) is 0 Å². The number of rotatable bonds is 6. The van der Waals surface area contributed by atoms with Crippen molar-refractivity contribution in [3.05, 3.63) is 0 Å². The van der Waals surface area contributed by atoms with Gasteiger partial charge in [0, 0.05) is 0 Å². The highest BCUT2D eigenvalue weighted by atomic mass is 19.4. The average Bonchev–Trinajstić information content (AvgIpc) is 2.32. The van der Waals surface area contributed by atoms with Crippen LogP contribution in [0.3, 0.4) is 0 Å². The lowest BCUT2D eigenvalue weighted by molar-refractivity contribution is -0.548. The lowest BCUT2D eigenvalue weighted by atomic mass is 10.2. The summed E-state index contributed by atoms with van der Waals surface area (Å²) in [5.41, 5.74) is 0. The summed E-state index contributed by atoms with van der Waals surface area (Å²) in [6, 6.07) is 0. The number of ether oxygens (including phenoxy) is 2. The minimum atomic E-state index is -7.82. The van der Waals surface area contributed by atoms with Gasteiger partial charge in [-0.25, -0.2) is 0 Å². The van der Waals surface area contributed by atoms with E-state index in [0.29, 0.717) is 0 Å². The van der Waals surface area contributed by atoms with Crippen molar-refractivity contribution in [1.29, 1.82) is 0 Å². The van der Waals surface area contributed by atoms with Gasteiger partial charge in [-0.2, -0.15) is 65.9 Å². The Morgan fingerprint density at radius 1 is 0.571 bits per heavy atom. The van der Waals surface area contributed by atoms with Gasteiger partial charge in [-0.15, -0.1) is 0 Å². The van der Waals surface area contributed by atoms with E-state index < -0.39 is 48.4 Å². The van der Waals surface area contributed by atoms with Gasteiger partial charge in [0.1, 0.15) is 5.97 Å². The largest absolute Gasteiger partial charge is 0.544 e. The number of carboxylic acids is 1. The zero-order valence-corrected chi connectivity index (χ0v) is 12.3. The second-order valence-corrected chi connectivity index (χ2v) is 4.21. The molecule has 0 aliphatic rings. The normalized spacial score (nSPS) is 18.7. The third-order valence-electron chi connectivity index (χ3n) is 2.23. The molecule has 0 heterocycles. The van der Waals surface area contributed by atoms with E-state index in [-0.39, 0.29) is 6.15 Å². The molecule has 5 nitrogen and oxygen atoms in total. The van der Waals surface area contributed by atoms with E-state index in [2.05, 4.69) is 0 Å². The van der Waals surface area contributed by atoms with Gasteiger partial charge in [-0.05, 0) is 0 Å². The molecule has 0 aromatic heterocycles. The van der Waals surface area contributed by atoms with Gasteiger partial charge < -0.3 is 16.1 Å². The second kappa shape index (κ2) is 7.28. The lowest BCUT2D eigenvalue weighted by Gasteiger charge is -2.39. The van der Waals surface area contributed by atoms with Gasteiger partial charge in [0.15, 0.2) is 0 Å². The summed E-state index contributed by atoms with van der Waals surface area (Å²) in [4.78, 5) is 9.93. The van der Waals surface area contributed by atoms with Gasteiger partial charge in [-0.1, -0.05) is 0 Å². The Morgan fingerprint density at radius 2 is 0.929 bits per heavy atom. The molecule has 0 aliphatic heterocycles. The van der Waals surface area contributed by atoms with Gasteiger partial charge in [0.25, 0.3) is 0 Å². The standard InChI is InChI=1S/C8HF15O4.H3N/c9-2(1(24)25,4(11,12)13)26-7(20,21)3(10,5(14,15)16)27-8(22,23)6(17,18)19;/h(H,24,25);1H3. The number of hydrogen-bond donors (Lipinski definition) is 1. The molecular formula is C8H4F15NO4. The Labute approximate surface area is 141 Å². The van der Waals surface area contributed by atoms with E-state index in [0.717, 1.165) is 0 Å². The highest BCUT2D eigenvalue weighted by molar-refractivity contribution is 5.74. The molecular weight excluding hydrogens is 459 g/mol. The monoisotopic (exact) mass is 463 g/mol. The van der Waals surface area contributed by atoms with E-state index in [1.54, 1.807) is 0 Å². The lowest BCUT2D eigenvalue weighted by Crippen LogP contribution is -2.68. The Hall–Kier alpha value is -1.70. The third kappa shape index (κ3) is 4.82. The molecule has 0 aliphatic carbocycles. The minimum absolute atomic E-state index is 0. The number of carbonyl (C=O) groups is 1. The van der Waals surface area contributed by atoms with E-state index in [4.69, 9.17) is 0 Å². The van der Waals surface area contributed by atoms with Crippen molar-refractivity contribution >= 4 is 5.97 Å². The van der Waals surface area contributed by atoms with E-state index >= 15 is 0 Å². The molecule has 20 heteroatoms. The minimum Gasteiger partial charge on any atom is -0.544 e. The number of aliphatic carboxylic acids is 1. The first-order chi connectivity index (χ1) is 11.4. The molecule has 0 aromatic carbocycles. The first kappa shape index (κ1) is 28.5. The number of halogens is 15. The Bertz CT molecular complexity index is 568. The molecule has 0 fully saturated rings. The van der Waals surface area contributed by atoms with Gasteiger partial charge in [0.05, 0.1) is 0 Å². The zero-order chi connectivity index (χ0) is 22.5. The molecule has 2 atom stereocenters. The number of hydrogen-bond acceptors (Lipinski definition) is 4. The van der Waals surface area contributed by atoms with Crippen LogP contribution in [0.1, 0.15) is 0 Å². The van der Waals surface area contributed by atoms with E-state index in [9.17, 15) is 75.8 Å². The molecule has 0 radical (unpaired) electrons. The van der Waals surface area contributed by atoms with Crippen molar-refractivity contribution in [2.45, 2.75) is 42.5 Å². The zero-order valence-electron chi connectivity index (χ0n) is 12.3. The van der Waals surface area contributed by atoms with Crippen LogP contribution in [0.4, 0.5) is 65.9 Å². The summed E-state index contributed by atoms with van der Waals surface area (Å²) in [6.45, 7) is 0. The number of alkyl halides is 15. The molecule has 28 heavy (non-hydrogen) atoms. The van der Waals surface area contributed by atoms with Crippen LogP contribution in [0.2, 0.25) is 0 Å². The van der Waals surface area contributed by atoms with Crippen LogP contribution in [0.25, 0.3) is 0 Å². The molecule has 0 bridgehead atoms. The fourth-order valence-electron chi connectivity index (χ4n) is 0.974. The fraction of sp³-hybridized carbons (Fsp3) is 0.875. The molecule has 0 aromatic rings. The average molecular weight is 463 g/mol. The molecule has 0 amide bonds. The quantitative estimate of drug-likeness (QED) is 0.612. The molecule has 0 spiro atoms. The van der Waals surface area contributed by atoms with Gasteiger partial charge in [-0.3, -0.25) is 9.47 Å². The summed E-state index contributed by atoms with van der Waals surface area (Å²) in [7, 11) is 0. The molecule has 170 valence electrons. The molecule has 0 saturated carbocycles. The van der Waals surface area contributed by atoms with Gasteiger partial charge in [0.2, 0.25) is 0 Å². The maximum absolute atomic E-state index is 13.3. The Balaban J connectivity index is 0. The van der Waals surface area contributed by atoms with Crippen LogP contribution in [-0.4, -0.2) is 48.4 Å². The van der Waals surface area contributed by atoms with Crippen LogP contribution in [0.5, 0.6) is 0 Å². The Morgan fingerprint density at radius 3 is 1.14 bits per heavy atom. The summed E-state index contributed by atoms with van der Waals surface area (Å²) < 4.78 is 188. The molecule has 0 rings (SSSR count). The number of quaternary nitrogens is 1. The first-order valence-electron chi connectivity index (χ1n) is 5.31. The third-order valence-corrected chi connectivity index (χ3v) is 2.23. The maximum Gasteiger partial charge on any atom is 0.483 e. The number of carboxylic acid groups (broad SMARTS) is 1. The van der Waals surface area contributed by atoms with Crippen LogP contribution >= 0.6 is 0 Å². The van der Waals surface area contributed by atoms with Crippen molar-refractivity contribution in [3.63, 3.8) is 0 Å². The summed E-state index contributed by atoms with van der Waals surface area (Å²) >= 11 is 0. The van der Waals surface area contributed by atoms with Crippen molar-refractivity contribution in [1.82, 2.24) is 6.15 Å². The predicted octanol–water partition coefficient (Wildman–Crippen LogP) is 3.35. The fourth-order valence-corrected chi connectivity index (χ4v) is 0.974. The smallest absolute Gasteiger partial charge is 0.483 e. The predicted molar refractivity (Wildman–Crippen MR) is 48.9 cm³/mol. The second-order valence-electron chi connectivity index (χ2n) is 4.21. The molecule has 4 N–H and O–H groups in total. The van der Waals surface area contributed by atoms with Crippen molar-refractivity contribution in [3.8, 4) is 0 Å². The SMILES string of the molecule is O=C([O-])C(F)(OC(F)(F)C(F)(OC(F)(F)C(F)(F)F)C(F)(F)F)C(F)(F)F.[NH4+]. The summed E-state index contributed by atoms with van der Waals surface area (Å²) in [5, 5.41) is 9.93. The van der Waals surface area contributed by atoms with E-state index in [1.165, 1.54) is 9.47 Å².